The lowest BCUT2D eigenvalue weighted by Crippen LogP contribution is -2.28. The van der Waals surface area contributed by atoms with E-state index in [0.29, 0.717) is 0 Å². The molecule has 0 aliphatic carbocycles. The fraction of sp³-hybridized carbons (Fsp3) is 0.429. The van der Waals surface area contributed by atoms with Gasteiger partial charge in [0.2, 0.25) is 0 Å². The molecule has 2 aromatic heterocycles. The lowest BCUT2D eigenvalue weighted by molar-refractivity contribution is 0.508. The highest BCUT2D eigenvalue weighted by molar-refractivity contribution is 5.25. The molecular formula is C14H20FN5. The van der Waals surface area contributed by atoms with Crippen LogP contribution >= 0.6 is 0 Å². The van der Waals surface area contributed by atoms with Gasteiger partial charge in [0.25, 0.3) is 0 Å². The second kappa shape index (κ2) is 6.11. The molecule has 0 spiro atoms. The van der Waals surface area contributed by atoms with Crippen LogP contribution in [-0.4, -0.2) is 14.8 Å². The van der Waals surface area contributed by atoms with Crippen molar-refractivity contribution in [2.24, 2.45) is 12.9 Å². The van der Waals surface area contributed by atoms with Crippen LogP contribution in [0.2, 0.25) is 0 Å². The molecule has 0 amide bonds. The molecule has 0 aliphatic heterocycles. The zero-order valence-corrected chi connectivity index (χ0v) is 12.0. The number of halogens is 1. The molecule has 0 saturated heterocycles. The fourth-order valence-corrected chi connectivity index (χ4v) is 2.43. The monoisotopic (exact) mass is 277 g/mol. The smallest absolute Gasteiger partial charge is 0.141 e. The van der Waals surface area contributed by atoms with E-state index in [9.17, 15) is 4.39 Å². The van der Waals surface area contributed by atoms with E-state index in [1.807, 2.05) is 25.6 Å². The first-order valence-electron chi connectivity index (χ1n) is 6.58. The molecule has 0 radical (unpaired) electrons. The number of nitrogens with two attached hydrogens (primary N) is 1. The summed E-state index contributed by atoms with van der Waals surface area (Å²) >= 11 is 0. The van der Waals surface area contributed by atoms with Crippen molar-refractivity contribution in [3.8, 4) is 0 Å². The number of pyridine rings is 1. The Morgan fingerprint density at radius 1 is 1.40 bits per heavy atom. The van der Waals surface area contributed by atoms with Gasteiger partial charge in [-0.1, -0.05) is 0 Å². The van der Waals surface area contributed by atoms with Gasteiger partial charge < -0.3 is 0 Å². The summed E-state index contributed by atoms with van der Waals surface area (Å²) in [6.45, 7) is 4.04. The molecule has 2 aromatic rings. The predicted molar refractivity (Wildman–Crippen MR) is 75.3 cm³/mol. The molecule has 0 aliphatic rings. The average molecular weight is 277 g/mol. The summed E-state index contributed by atoms with van der Waals surface area (Å²) in [5.74, 6) is 5.23. The Bertz CT molecular complexity index is 593. The third-order valence-corrected chi connectivity index (χ3v) is 3.67. The van der Waals surface area contributed by atoms with Gasteiger partial charge in [0.1, 0.15) is 5.82 Å². The minimum atomic E-state index is -0.350. The molecule has 0 saturated carbocycles. The Hall–Kier alpha value is -1.79. The lowest BCUT2D eigenvalue weighted by atomic mass is 9.99. The van der Waals surface area contributed by atoms with Gasteiger partial charge in [0.15, 0.2) is 0 Å². The van der Waals surface area contributed by atoms with Crippen molar-refractivity contribution in [1.29, 1.82) is 0 Å². The summed E-state index contributed by atoms with van der Waals surface area (Å²) in [4.78, 5) is 3.86. The zero-order chi connectivity index (χ0) is 14.7. The van der Waals surface area contributed by atoms with Gasteiger partial charge in [-0.2, -0.15) is 5.10 Å². The third-order valence-electron chi connectivity index (χ3n) is 3.67. The molecule has 0 bridgehead atoms. The van der Waals surface area contributed by atoms with Crippen LogP contribution in [0.3, 0.4) is 0 Å². The van der Waals surface area contributed by atoms with E-state index in [1.165, 1.54) is 17.8 Å². The van der Waals surface area contributed by atoms with Crippen LogP contribution in [0.5, 0.6) is 0 Å². The summed E-state index contributed by atoms with van der Waals surface area (Å²) in [6, 6.07) is 1.33. The van der Waals surface area contributed by atoms with Gasteiger partial charge in [-0.3, -0.25) is 20.9 Å². The van der Waals surface area contributed by atoms with Crippen LogP contribution < -0.4 is 11.3 Å². The highest BCUT2D eigenvalue weighted by Gasteiger charge is 2.15. The first-order valence-corrected chi connectivity index (χ1v) is 6.58. The molecule has 1 unspecified atom stereocenters. The Kier molecular flexibility index (Phi) is 4.46. The van der Waals surface area contributed by atoms with Crippen LogP contribution in [0.1, 0.15) is 35.0 Å². The number of aromatic nitrogens is 3. The van der Waals surface area contributed by atoms with Gasteiger partial charge in [-0.25, -0.2) is 4.39 Å². The molecule has 1 atom stereocenters. The molecule has 3 N–H and O–H groups in total. The Balaban J connectivity index is 2.11. The average Bonchev–Trinajstić information content (AvgIpc) is 2.65. The number of hydrogen-bond donors (Lipinski definition) is 2. The van der Waals surface area contributed by atoms with Crippen LogP contribution in [-0.2, 0) is 13.5 Å². The van der Waals surface area contributed by atoms with Gasteiger partial charge in [-0.15, -0.1) is 0 Å². The number of aryl methyl sites for hydroxylation is 2. The molecule has 20 heavy (non-hydrogen) atoms. The normalized spacial score (nSPS) is 12.7. The highest BCUT2D eigenvalue weighted by atomic mass is 19.1. The van der Waals surface area contributed by atoms with Gasteiger partial charge in [-0.05, 0) is 43.9 Å². The van der Waals surface area contributed by atoms with E-state index >= 15 is 0 Å². The summed E-state index contributed by atoms with van der Waals surface area (Å²) in [7, 11) is 1.93. The van der Waals surface area contributed by atoms with Crippen molar-refractivity contribution in [1.82, 2.24) is 20.2 Å². The van der Waals surface area contributed by atoms with Crippen molar-refractivity contribution in [2.75, 3.05) is 0 Å². The standard InChI is InChI=1S/C14H20FN5/c1-9-13(10(2)20(3)19-9)4-5-14(18-16)11-6-12(15)8-17-7-11/h6-8,14,18H,4-5,16H2,1-3H3. The van der Waals surface area contributed by atoms with Crippen molar-refractivity contribution in [2.45, 2.75) is 32.7 Å². The predicted octanol–water partition coefficient (Wildman–Crippen LogP) is 1.71. The van der Waals surface area contributed by atoms with Crippen LogP contribution in [0.25, 0.3) is 0 Å². The maximum atomic E-state index is 13.2. The SMILES string of the molecule is Cc1nn(C)c(C)c1CCC(NN)c1cncc(F)c1. The molecular weight excluding hydrogens is 257 g/mol. The zero-order valence-electron chi connectivity index (χ0n) is 12.0. The summed E-state index contributed by atoms with van der Waals surface area (Å²) in [5.41, 5.74) is 6.88. The lowest BCUT2D eigenvalue weighted by Gasteiger charge is -2.16. The number of nitrogens with zero attached hydrogens (tertiary/aromatic N) is 3. The van der Waals surface area contributed by atoms with Gasteiger partial charge in [0, 0.05) is 25.0 Å². The topological polar surface area (TPSA) is 68.8 Å². The summed E-state index contributed by atoms with van der Waals surface area (Å²) < 4.78 is 15.1. The largest absolute Gasteiger partial charge is 0.272 e. The number of rotatable bonds is 5. The number of nitrogens with one attached hydrogen (secondary N) is 1. The van der Waals surface area contributed by atoms with Gasteiger partial charge >= 0.3 is 0 Å². The molecule has 2 rings (SSSR count). The maximum Gasteiger partial charge on any atom is 0.141 e. The molecule has 0 aromatic carbocycles. The molecule has 2 heterocycles. The Morgan fingerprint density at radius 3 is 2.70 bits per heavy atom. The first-order chi connectivity index (χ1) is 9.52. The second-order valence-corrected chi connectivity index (χ2v) is 4.97. The van der Waals surface area contributed by atoms with Crippen molar-refractivity contribution in [3.63, 3.8) is 0 Å². The second-order valence-electron chi connectivity index (χ2n) is 4.97. The van der Waals surface area contributed by atoms with Crippen molar-refractivity contribution < 1.29 is 4.39 Å². The molecule has 108 valence electrons. The summed E-state index contributed by atoms with van der Waals surface area (Å²) in [6.07, 6.45) is 4.41. The van der Waals surface area contributed by atoms with Crippen LogP contribution in [0.4, 0.5) is 4.39 Å². The van der Waals surface area contributed by atoms with E-state index in [4.69, 9.17) is 5.84 Å². The number of hydrogen-bond acceptors (Lipinski definition) is 4. The van der Waals surface area contributed by atoms with E-state index in [1.54, 1.807) is 6.20 Å². The minimum Gasteiger partial charge on any atom is -0.272 e. The Morgan fingerprint density at radius 2 is 2.15 bits per heavy atom. The van der Waals surface area contributed by atoms with Gasteiger partial charge in [0.05, 0.1) is 11.9 Å². The molecule has 6 heteroatoms. The summed E-state index contributed by atoms with van der Waals surface area (Å²) in [5, 5.41) is 4.39. The van der Waals surface area contributed by atoms with Crippen LogP contribution in [0, 0.1) is 19.7 Å². The minimum absolute atomic E-state index is 0.128. The molecule has 0 fully saturated rings. The fourth-order valence-electron chi connectivity index (χ4n) is 2.43. The first kappa shape index (κ1) is 14.6. The van der Waals surface area contributed by atoms with E-state index < -0.39 is 0 Å². The van der Waals surface area contributed by atoms with E-state index in [-0.39, 0.29) is 11.9 Å². The molecule has 5 nitrogen and oxygen atoms in total. The van der Waals surface area contributed by atoms with E-state index in [2.05, 4.69) is 15.5 Å². The highest BCUT2D eigenvalue weighted by Crippen LogP contribution is 2.21. The Labute approximate surface area is 118 Å². The van der Waals surface area contributed by atoms with E-state index in [0.717, 1.165) is 29.8 Å². The maximum absolute atomic E-state index is 13.2. The van der Waals surface area contributed by atoms with Crippen molar-refractivity contribution in [3.05, 3.63) is 46.8 Å². The van der Waals surface area contributed by atoms with Crippen LogP contribution in [0.15, 0.2) is 18.5 Å². The quantitative estimate of drug-likeness (QED) is 0.645. The third kappa shape index (κ3) is 3.02. The number of hydrazine groups is 1. The van der Waals surface area contributed by atoms with Crippen molar-refractivity contribution >= 4 is 0 Å².